The number of Topliss-reactive ketones (excluding diaryl/α,β-unsaturated/α-hetero) is 1. The van der Waals surface area contributed by atoms with Gasteiger partial charge in [0.1, 0.15) is 18.3 Å². The van der Waals surface area contributed by atoms with Crippen LogP contribution in [0.2, 0.25) is 0 Å². The van der Waals surface area contributed by atoms with Crippen molar-refractivity contribution < 1.29 is 37.0 Å². The van der Waals surface area contributed by atoms with E-state index in [0.29, 0.717) is 0 Å². The Labute approximate surface area is 174 Å². The van der Waals surface area contributed by atoms with E-state index in [9.17, 15) is 32.3 Å². The van der Waals surface area contributed by atoms with Crippen molar-refractivity contribution in [2.24, 2.45) is 23.7 Å². The third-order valence-corrected chi connectivity index (χ3v) is 6.57. The summed E-state index contributed by atoms with van der Waals surface area (Å²) >= 11 is 0. The van der Waals surface area contributed by atoms with Crippen molar-refractivity contribution in [1.29, 1.82) is 0 Å². The van der Waals surface area contributed by atoms with Crippen LogP contribution >= 0.6 is 0 Å². The number of ether oxygens (including phenoxy) is 1. The van der Waals surface area contributed by atoms with Crippen LogP contribution in [0.15, 0.2) is 0 Å². The molecule has 2 rings (SSSR count). The van der Waals surface area contributed by atoms with Crippen molar-refractivity contribution in [1.82, 2.24) is 5.32 Å². The Morgan fingerprint density at radius 2 is 1.63 bits per heavy atom. The molecular weight excluding hydrogens is 406 g/mol. The summed E-state index contributed by atoms with van der Waals surface area (Å²) < 4.78 is 61.2. The van der Waals surface area contributed by atoms with Crippen LogP contribution in [0.5, 0.6) is 0 Å². The number of alkyl halides is 4. The minimum absolute atomic E-state index is 0.0298. The van der Waals surface area contributed by atoms with Gasteiger partial charge in [0.2, 0.25) is 0 Å². The normalized spacial score (nSPS) is 34.9. The second-order valence-electron chi connectivity index (χ2n) is 8.47. The molecule has 0 saturated heterocycles. The zero-order valence-corrected chi connectivity index (χ0v) is 17.5. The Morgan fingerprint density at radius 3 is 2.20 bits per heavy atom. The first-order valence-corrected chi connectivity index (χ1v) is 10.8. The summed E-state index contributed by atoms with van der Waals surface area (Å²) in [6.45, 7) is 2.20. The molecule has 2 N–H and O–H groups in total. The molecule has 0 amide bonds. The second-order valence-corrected chi connectivity index (χ2v) is 8.47. The van der Waals surface area contributed by atoms with Gasteiger partial charge in [-0.05, 0) is 25.7 Å². The van der Waals surface area contributed by atoms with Crippen molar-refractivity contribution in [3.63, 3.8) is 0 Å². The third-order valence-electron chi connectivity index (χ3n) is 6.57. The van der Waals surface area contributed by atoms with E-state index in [1.165, 1.54) is 6.92 Å². The second kappa shape index (κ2) is 11.4. The van der Waals surface area contributed by atoms with Gasteiger partial charge in [0.25, 0.3) is 0 Å². The largest absolute Gasteiger partial charge is 0.465 e. The molecule has 8 atom stereocenters. The number of nitrogens with one attached hydrogen (secondary N) is 1. The van der Waals surface area contributed by atoms with E-state index in [4.69, 9.17) is 4.74 Å². The highest BCUT2D eigenvalue weighted by atomic mass is 19.2. The molecule has 0 radical (unpaired) electrons. The maximum absolute atomic E-state index is 14.5. The van der Waals surface area contributed by atoms with Gasteiger partial charge in [-0.3, -0.25) is 9.59 Å². The standard InChI is InChI=1S/C21H33F4NO4/c1-3-30-21(29)13(9-26-14(10-27)12-7-5-4-6-8-12)20(28)15-11(2)16(22)18(24)19(25)17(15)23/h11-19,26-27H,3-10H2,1-2H3/t11?,13?,14-,15?,16?,17?,18?,19?/m1/s1. The number of rotatable bonds is 9. The van der Waals surface area contributed by atoms with Crippen molar-refractivity contribution in [3.8, 4) is 0 Å². The van der Waals surface area contributed by atoms with Gasteiger partial charge >= 0.3 is 5.97 Å². The van der Waals surface area contributed by atoms with Crippen molar-refractivity contribution >= 4 is 11.8 Å². The van der Waals surface area contributed by atoms with Crippen LogP contribution in [0.3, 0.4) is 0 Å². The maximum atomic E-state index is 14.5. The van der Waals surface area contributed by atoms with Crippen LogP contribution in [0.25, 0.3) is 0 Å². The summed E-state index contributed by atoms with van der Waals surface area (Å²) in [7, 11) is 0. The first-order valence-electron chi connectivity index (χ1n) is 10.8. The Bertz CT molecular complexity index is 559. The molecule has 5 nitrogen and oxygen atoms in total. The number of hydrogen-bond donors (Lipinski definition) is 2. The predicted molar refractivity (Wildman–Crippen MR) is 103 cm³/mol. The molecule has 0 heterocycles. The fourth-order valence-corrected chi connectivity index (χ4v) is 4.70. The smallest absolute Gasteiger partial charge is 0.317 e. The summed E-state index contributed by atoms with van der Waals surface area (Å²) in [6.07, 6.45) is -5.36. The lowest BCUT2D eigenvalue weighted by molar-refractivity contribution is -0.157. The molecule has 0 aliphatic heterocycles. The zero-order valence-electron chi connectivity index (χ0n) is 17.5. The van der Waals surface area contributed by atoms with E-state index in [0.717, 1.165) is 39.0 Å². The molecule has 2 aliphatic rings. The molecule has 2 fully saturated rings. The van der Waals surface area contributed by atoms with Gasteiger partial charge in [-0.2, -0.15) is 0 Å². The van der Waals surface area contributed by atoms with Crippen molar-refractivity contribution in [3.05, 3.63) is 0 Å². The van der Waals surface area contributed by atoms with E-state index < -0.39 is 54.2 Å². The summed E-state index contributed by atoms with van der Waals surface area (Å²) in [6, 6.07) is -0.363. The Hall–Kier alpha value is -1.22. The molecule has 0 aromatic rings. The van der Waals surface area contributed by atoms with Gasteiger partial charge in [0.05, 0.1) is 19.1 Å². The lowest BCUT2D eigenvalue weighted by atomic mass is 9.71. The highest BCUT2D eigenvalue weighted by Crippen LogP contribution is 2.39. The molecule has 2 aliphatic carbocycles. The fraction of sp³-hybridized carbons (Fsp3) is 0.905. The Balaban J connectivity index is 2.16. The molecular formula is C21H33F4NO4. The third kappa shape index (κ3) is 5.52. The molecule has 9 heteroatoms. The van der Waals surface area contributed by atoms with E-state index in [1.54, 1.807) is 0 Å². The summed E-state index contributed by atoms with van der Waals surface area (Å²) in [5.41, 5.74) is 0. The lowest BCUT2D eigenvalue weighted by Gasteiger charge is -2.39. The van der Waals surface area contributed by atoms with E-state index in [2.05, 4.69) is 5.32 Å². The molecule has 0 spiro atoms. The quantitative estimate of drug-likeness (QED) is 0.328. The first kappa shape index (κ1) is 25.0. The molecule has 30 heavy (non-hydrogen) atoms. The van der Waals surface area contributed by atoms with Crippen LogP contribution in [0, 0.1) is 23.7 Å². The summed E-state index contributed by atoms with van der Waals surface area (Å²) in [5, 5.41) is 12.7. The van der Waals surface area contributed by atoms with Gasteiger partial charge in [0.15, 0.2) is 18.1 Å². The first-order chi connectivity index (χ1) is 14.2. The van der Waals surface area contributed by atoms with Gasteiger partial charge in [-0.25, -0.2) is 17.6 Å². The van der Waals surface area contributed by atoms with Gasteiger partial charge in [-0.15, -0.1) is 0 Å². The van der Waals surface area contributed by atoms with Crippen LogP contribution < -0.4 is 5.32 Å². The number of ketones is 1. The number of aliphatic hydroxyl groups excluding tert-OH is 1. The van der Waals surface area contributed by atoms with E-state index in [1.807, 2.05) is 0 Å². The summed E-state index contributed by atoms with van der Waals surface area (Å²) in [5.74, 6) is -6.47. The number of hydrogen-bond acceptors (Lipinski definition) is 5. The maximum Gasteiger partial charge on any atom is 0.317 e. The minimum Gasteiger partial charge on any atom is -0.465 e. The molecule has 0 aromatic carbocycles. The van der Waals surface area contributed by atoms with Crippen LogP contribution in [-0.2, 0) is 14.3 Å². The highest BCUT2D eigenvalue weighted by Gasteiger charge is 2.55. The van der Waals surface area contributed by atoms with Gasteiger partial charge < -0.3 is 15.2 Å². The number of carbonyl (C=O) groups is 2. The van der Waals surface area contributed by atoms with E-state index >= 15 is 0 Å². The predicted octanol–water partition coefficient (Wildman–Crippen LogP) is 2.88. The fourth-order valence-electron chi connectivity index (χ4n) is 4.70. The molecule has 0 aromatic heterocycles. The topological polar surface area (TPSA) is 75.6 Å². The van der Waals surface area contributed by atoms with Gasteiger partial charge in [0, 0.05) is 18.5 Å². The molecule has 2 saturated carbocycles. The number of aliphatic hydroxyl groups is 1. The lowest BCUT2D eigenvalue weighted by Crippen LogP contribution is -2.56. The number of halogens is 4. The van der Waals surface area contributed by atoms with Crippen LogP contribution in [0.4, 0.5) is 17.6 Å². The Morgan fingerprint density at radius 1 is 1.03 bits per heavy atom. The molecule has 0 bridgehead atoms. The summed E-state index contributed by atoms with van der Waals surface area (Å²) in [4.78, 5) is 25.4. The SMILES string of the molecule is CCOC(=O)C(CN[C@H](CO)C1CCCCC1)C(=O)C1C(C)C(F)C(F)C(F)C1F. The molecule has 174 valence electrons. The highest BCUT2D eigenvalue weighted by molar-refractivity contribution is 6.01. The number of esters is 1. The number of carbonyl (C=O) groups excluding carboxylic acids is 2. The average molecular weight is 439 g/mol. The average Bonchev–Trinajstić information content (AvgIpc) is 2.74. The molecule has 7 unspecified atom stereocenters. The van der Waals surface area contributed by atoms with Gasteiger partial charge in [-0.1, -0.05) is 26.2 Å². The zero-order chi connectivity index (χ0) is 22.4. The van der Waals surface area contributed by atoms with Crippen LogP contribution in [-0.4, -0.2) is 67.3 Å². The van der Waals surface area contributed by atoms with E-state index in [-0.39, 0.29) is 31.7 Å². The van der Waals surface area contributed by atoms with Crippen LogP contribution in [0.1, 0.15) is 46.0 Å². The monoisotopic (exact) mass is 439 g/mol. The van der Waals surface area contributed by atoms with Crippen molar-refractivity contribution in [2.75, 3.05) is 19.8 Å². The minimum atomic E-state index is -2.77. The van der Waals surface area contributed by atoms with Crippen molar-refractivity contribution in [2.45, 2.75) is 76.7 Å². The Kier molecular flexibility index (Phi) is 9.53.